The van der Waals surface area contributed by atoms with E-state index < -0.39 is 112 Å². The Balaban J connectivity index is 1.59. The van der Waals surface area contributed by atoms with Crippen molar-refractivity contribution in [2.24, 2.45) is 0 Å². The molecule has 0 aliphatic carbocycles. The van der Waals surface area contributed by atoms with Gasteiger partial charge in [0.1, 0.15) is 73.2 Å². The summed E-state index contributed by atoms with van der Waals surface area (Å²) in [6.45, 7) is -2.02. The van der Waals surface area contributed by atoms with Crippen LogP contribution in [0.15, 0.2) is 0 Å². The lowest BCUT2D eigenvalue weighted by Gasteiger charge is -2.45. The van der Waals surface area contributed by atoms with Gasteiger partial charge in [-0.1, -0.05) is 0 Å². The van der Waals surface area contributed by atoms with Gasteiger partial charge in [-0.3, -0.25) is 0 Å². The van der Waals surface area contributed by atoms with E-state index in [4.69, 9.17) is 23.7 Å². The average molecular weight is 504 g/mol. The first-order valence-corrected chi connectivity index (χ1v) is 10.6. The lowest BCUT2D eigenvalue weighted by atomic mass is 9.97. The summed E-state index contributed by atoms with van der Waals surface area (Å²) in [6, 6.07) is 0. The molecule has 3 rings (SSSR count). The summed E-state index contributed by atoms with van der Waals surface area (Å²) in [5.74, 6) is 0. The number of rotatable bonds is 7. The van der Waals surface area contributed by atoms with Crippen molar-refractivity contribution in [3.05, 3.63) is 0 Å². The molecule has 0 amide bonds. The van der Waals surface area contributed by atoms with Crippen LogP contribution in [-0.4, -0.2) is 168 Å². The highest BCUT2D eigenvalue weighted by Crippen LogP contribution is 2.29. The Morgan fingerprint density at radius 1 is 0.500 bits per heavy atom. The molecule has 3 fully saturated rings. The first-order chi connectivity index (χ1) is 16.0. The molecule has 15 atom stereocenters. The quantitative estimate of drug-likeness (QED) is 0.154. The van der Waals surface area contributed by atoms with E-state index >= 15 is 0 Å². The normalized spacial score (nSPS) is 52.5. The highest BCUT2D eigenvalue weighted by molar-refractivity contribution is 4.94. The van der Waals surface area contributed by atoms with E-state index in [0.29, 0.717) is 0 Å². The lowest BCUT2D eigenvalue weighted by molar-refractivity contribution is -0.366. The van der Waals surface area contributed by atoms with Crippen LogP contribution < -0.4 is 0 Å². The molecule has 3 aliphatic heterocycles. The molecule has 0 aromatic rings. The van der Waals surface area contributed by atoms with E-state index in [1.54, 1.807) is 0 Å². The maximum Gasteiger partial charge on any atom is 0.187 e. The van der Waals surface area contributed by atoms with Gasteiger partial charge in [-0.25, -0.2) is 0 Å². The highest BCUT2D eigenvalue weighted by atomic mass is 16.7. The van der Waals surface area contributed by atoms with Gasteiger partial charge in [0.05, 0.1) is 19.8 Å². The number of hydrogen-bond donors (Lipinski definition) is 11. The predicted molar refractivity (Wildman–Crippen MR) is 101 cm³/mol. The molecule has 3 saturated heterocycles. The molecule has 16 heteroatoms. The van der Waals surface area contributed by atoms with Gasteiger partial charge in [0.25, 0.3) is 0 Å². The van der Waals surface area contributed by atoms with Gasteiger partial charge in [-0.2, -0.15) is 0 Å². The van der Waals surface area contributed by atoms with Crippen molar-refractivity contribution in [2.75, 3.05) is 19.8 Å². The molecular weight excluding hydrogens is 472 g/mol. The Morgan fingerprint density at radius 3 is 1.50 bits per heavy atom. The fraction of sp³-hybridized carbons (Fsp3) is 1.00. The molecule has 34 heavy (non-hydrogen) atoms. The van der Waals surface area contributed by atoms with Gasteiger partial charge >= 0.3 is 0 Å². The molecule has 3 aliphatic rings. The van der Waals surface area contributed by atoms with Gasteiger partial charge in [0.15, 0.2) is 18.9 Å². The van der Waals surface area contributed by atoms with Crippen LogP contribution in [0.25, 0.3) is 0 Å². The van der Waals surface area contributed by atoms with Crippen LogP contribution in [-0.2, 0) is 23.7 Å². The van der Waals surface area contributed by atoms with Gasteiger partial charge in [0.2, 0.25) is 0 Å². The standard InChI is InChI=1S/C18H32O16/c19-1-4-7(21)10(24)13(27)17(32-4)30-3-6-9(23)12(26)15(16(29)31-6)34-18-14(28)11(25)8(22)5(2-20)33-18/h4-29H,1-3H2/t4-,5-,6-,7-,8-,9-,10+,11+,12+,13-,14-,15-,16-,17?,18?/m1/s1. The maximum absolute atomic E-state index is 10.4. The second kappa shape index (κ2) is 11.6. The highest BCUT2D eigenvalue weighted by Gasteiger charge is 2.51. The van der Waals surface area contributed by atoms with Crippen LogP contribution in [0.5, 0.6) is 0 Å². The Kier molecular flexibility index (Phi) is 9.54. The van der Waals surface area contributed by atoms with Crippen molar-refractivity contribution in [3.63, 3.8) is 0 Å². The van der Waals surface area contributed by atoms with E-state index in [9.17, 15) is 56.2 Å². The van der Waals surface area contributed by atoms with Gasteiger partial charge in [0, 0.05) is 0 Å². The van der Waals surface area contributed by atoms with Gasteiger partial charge in [-0.05, 0) is 0 Å². The second-order valence-corrected chi connectivity index (χ2v) is 8.37. The van der Waals surface area contributed by atoms with E-state index in [-0.39, 0.29) is 0 Å². The number of aliphatic hydroxyl groups is 11. The Labute approximate surface area is 192 Å². The Hall–Kier alpha value is -0.640. The monoisotopic (exact) mass is 504 g/mol. The zero-order valence-electron chi connectivity index (χ0n) is 17.7. The van der Waals surface area contributed by atoms with Crippen LogP contribution in [0.2, 0.25) is 0 Å². The first kappa shape index (κ1) is 27.9. The molecule has 0 bridgehead atoms. The van der Waals surface area contributed by atoms with Crippen molar-refractivity contribution < 1.29 is 79.9 Å². The molecule has 16 nitrogen and oxygen atoms in total. The summed E-state index contributed by atoms with van der Waals surface area (Å²) in [5.41, 5.74) is 0. The maximum atomic E-state index is 10.4. The second-order valence-electron chi connectivity index (χ2n) is 8.37. The largest absolute Gasteiger partial charge is 0.394 e. The summed E-state index contributed by atoms with van der Waals surface area (Å²) in [6.07, 6.45) is -24.8. The Bertz CT molecular complexity index is 635. The minimum Gasteiger partial charge on any atom is -0.394 e. The Morgan fingerprint density at radius 2 is 0.971 bits per heavy atom. The molecule has 3 heterocycles. The predicted octanol–water partition coefficient (Wildman–Crippen LogP) is -7.57. The van der Waals surface area contributed by atoms with Crippen molar-refractivity contribution in [1.82, 2.24) is 0 Å². The summed E-state index contributed by atoms with van der Waals surface area (Å²) < 4.78 is 26.0. The molecule has 0 saturated carbocycles. The molecule has 2 unspecified atom stereocenters. The van der Waals surface area contributed by atoms with E-state index in [1.165, 1.54) is 0 Å². The van der Waals surface area contributed by atoms with Gasteiger partial charge in [-0.15, -0.1) is 0 Å². The third-order valence-corrected chi connectivity index (χ3v) is 6.08. The van der Waals surface area contributed by atoms with Crippen molar-refractivity contribution >= 4 is 0 Å². The molecule has 0 aromatic heterocycles. The number of aliphatic hydroxyl groups excluding tert-OH is 11. The van der Waals surface area contributed by atoms with Crippen LogP contribution >= 0.6 is 0 Å². The fourth-order valence-corrected chi connectivity index (χ4v) is 3.94. The van der Waals surface area contributed by atoms with Crippen molar-refractivity contribution in [1.29, 1.82) is 0 Å². The number of hydrogen-bond acceptors (Lipinski definition) is 16. The summed E-state index contributed by atoms with van der Waals surface area (Å²) in [7, 11) is 0. The smallest absolute Gasteiger partial charge is 0.187 e. The van der Waals surface area contributed by atoms with E-state index in [2.05, 4.69) is 0 Å². The third kappa shape index (κ3) is 5.52. The van der Waals surface area contributed by atoms with Crippen molar-refractivity contribution in [3.8, 4) is 0 Å². The number of ether oxygens (including phenoxy) is 5. The molecule has 0 radical (unpaired) electrons. The van der Waals surface area contributed by atoms with Crippen molar-refractivity contribution in [2.45, 2.75) is 92.1 Å². The van der Waals surface area contributed by atoms with Gasteiger partial charge < -0.3 is 79.9 Å². The molecule has 11 N–H and O–H groups in total. The zero-order chi connectivity index (χ0) is 25.3. The van der Waals surface area contributed by atoms with Crippen LogP contribution in [0.1, 0.15) is 0 Å². The molecule has 0 spiro atoms. The minimum absolute atomic E-state index is 0.593. The van der Waals surface area contributed by atoms with Crippen LogP contribution in [0, 0.1) is 0 Å². The topological polar surface area (TPSA) is 269 Å². The third-order valence-electron chi connectivity index (χ3n) is 6.08. The summed E-state index contributed by atoms with van der Waals surface area (Å²) in [5, 5.41) is 109. The minimum atomic E-state index is -1.92. The van der Waals surface area contributed by atoms with Crippen LogP contribution in [0.3, 0.4) is 0 Å². The first-order valence-electron chi connectivity index (χ1n) is 10.6. The molecule has 0 aromatic carbocycles. The average Bonchev–Trinajstić information content (AvgIpc) is 2.82. The summed E-state index contributed by atoms with van der Waals surface area (Å²) >= 11 is 0. The SMILES string of the molecule is OC[C@H]1OC(OC[C@H]2O[C@@H](O)[C@H](OC3O[C@H](CO)[C@@H](O)[C@H](O)[C@H]3O)[C@@H](O)[C@@H]2O)[C@H](O)[C@@H](O)[C@@H]1O. The summed E-state index contributed by atoms with van der Waals surface area (Å²) in [4.78, 5) is 0. The lowest BCUT2D eigenvalue weighted by Crippen LogP contribution is -2.64. The fourth-order valence-electron chi connectivity index (χ4n) is 3.94. The van der Waals surface area contributed by atoms with E-state index in [1.807, 2.05) is 0 Å². The van der Waals surface area contributed by atoms with Crippen LogP contribution in [0.4, 0.5) is 0 Å². The van der Waals surface area contributed by atoms with E-state index in [0.717, 1.165) is 0 Å². The zero-order valence-corrected chi connectivity index (χ0v) is 17.7. The molecular formula is C18H32O16. The molecule has 200 valence electrons.